The van der Waals surface area contributed by atoms with Crippen LogP contribution in [0.4, 0.5) is 0 Å². The van der Waals surface area contributed by atoms with Crippen LogP contribution in [0.5, 0.6) is 0 Å². The smallest absolute Gasteiger partial charge is 0.140 e. The zero-order valence-electron chi connectivity index (χ0n) is 11.8. The highest BCUT2D eigenvalue weighted by molar-refractivity contribution is 5.83. The van der Waals surface area contributed by atoms with Crippen molar-refractivity contribution in [1.29, 1.82) is 0 Å². The highest BCUT2D eigenvalue weighted by Gasteiger charge is 2.28. The molecule has 1 aliphatic rings. The third kappa shape index (κ3) is 3.01. The summed E-state index contributed by atoms with van der Waals surface area (Å²) in [6.07, 6.45) is 5.35. The molecule has 1 aromatic carbocycles. The van der Waals surface area contributed by atoms with E-state index in [0.717, 1.165) is 18.8 Å². The molecule has 18 heavy (non-hydrogen) atoms. The van der Waals surface area contributed by atoms with Crippen LogP contribution in [0, 0.1) is 25.7 Å². The van der Waals surface area contributed by atoms with Gasteiger partial charge in [0.2, 0.25) is 0 Å². The van der Waals surface area contributed by atoms with Crippen molar-refractivity contribution in [2.45, 2.75) is 52.9 Å². The van der Waals surface area contributed by atoms with Gasteiger partial charge in [-0.3, -0.25) is 4.79 Å². The Morgan fingerprint density at radius 2 is 2.00 bits per heavy atom. The predicted molar refractivity (Wildman–Crippen MR) is 75.7 cm³/mol. The molecule has 0 N–H and O–H groups in total. The van der Waals surface area contributed by atoms with Gasteiger partial charge in [-0.15, -0.1) is 0 Å². The Morgan fingerprint density at radius 1 is 1.22 bits per heavy atom. The van der Waals surface area contributed by atoms with E-state index >= 15 is 0 Å². The first kappa shape index (κ1) is 13.3. The Labute approximate surface area is 111 Å². The van der Waals surface area contributed by atoms with E-state index in [1.807, 2.05) is 0 Å². The van der Waals surface area contributed by atoms with Crippen molar-refractivity contribution in [1.82, 2.24) is 0 Å². The lowest BCUT2D eigenvalue weighted by atomic mass is 9.94. The Balaban J connectivity index is 1.97. The summed E-state index contributed by atoms with van der Waals surface area (Å²) in [5, 5.41) is 0. The first-order chi connectivity index (χ1) is 8.60. The Kier molecular flexibility index (Phi) is 4.21. The quantitative estimate of drug-likeness (QED) is 0.774. The molecule has 0 radical (unpaired) electrons. The van der Waals surface area contributed by atoms with Crippen molar-refractivity contribution in [3.63, 3.8) is 0 Å². The van der Waals surface area contributed by atoms with Gasteiger partial charge in [0, 0.05) is 12.3 Å². The van der Waals surface area contributed by atoms with Gasteiger partial charge < -0.3 is 0 Å². The average Bonchev–Trinajstić information content (AvgIpc) is 2.82. The first-order valence-corrected chi connectivity index (χ1v) is 7.19. The van der Waals surface area contributed by atoms with Gasteiger partial charge in [-0.1, -0.05) is 31.5 Å². The zero-order valence-corrected chi connectivity index (χ0v) is 11.8. The van der Waals surface area contributed by atoms with Gasteiger partial charge in [0.15, 0.2) is 0 Å². The van der Waals surface area contributed by atoms with E-state index in [-0.39, 0.29) is 0 Å². The molecule has 2 unspecified atom stereocenters. The second-order valence-electron chi connectivity index (χ2n) is 5.85. The van der Waals surface area contributed by atoms with Gasteiger partial charge in [-0.25, -0.2) is 0 Å². The van der Waals surface area contributed by atoms with Crippen LogP contribution in [-0.4, -0.2) is 5.78 Å². The maximum absolute atomic E-state index is 12.3. The standard InChI is InChI=1S/C17H24O/c1-4-14-7-8-16(10-14)17(18)11-15-6-5-12(2)13(3)9-15/h5-6,9,14,16H,4,7-8,10-11H2,1-3H3. The topological polar surface area (TPSA) is 17.1 Å². The number of rotatable bonds is 4. The van der Waals surface area contributed by atoms with Crippen molar-refractivity contribution in [3.8, 4) is 0 Å². The highest BCUT2D eigenvalue weighted by atomic mass is 16.1. The van der Waals surface area contributed by atoms with Crippen LogP contribution >= 0.6 is 0 Å². The summed E-state index contributed by atoms with van der Waals surface area (Å²) in [4.78, 5) is 12.3. The molecule has 98 valence electrons. The fourth-order valence-corrected chi connectivity index (χ4v) is 3.00. The third-order valence-electron chi connectivity index (χ3n) is 4.52. The summed E-state index contributed by atoms with van der Waals surface area (Å²) in [7, 11) is 0. The predicted octanol–water partition coefficient (Wildman–Crippen LogP) is 4.24. The van der Waals surface area contributed by atoms with Crippen LogP contribution in [0.1, 0.15) is 49.3 Å². The molecule has 1 saturated carbocycles. The summed E-state index contributed by atoms with van der Waals surface area (Å²) in [6, 6.07) is 6.40. The lowest BCUT2D eigenvalue weighted by Crippen LogP contribution is -2.14. The molecular weight excluding hydrogens is 220 g/mol. The maximum atomic E-state index is 12.3. The number of benzene rings is 1. The lowest BCUT2D eigenvalue weighted by molar-refractivity contribution is -0.122. The number of carbonyl (C=O) groups excluding carboxylic acids is 1. The molecule has 1 aromatic rings. The second-order valence-corrected chi connectivity index (χ2v) is 5.85. The largest absolute Gasteiger partial charge is 0.299 e. The monoisotopic (exact) mass is 244 g/mol. The lowest BCUT2D eigenvalue weighted by Gasteiger charge is -2.10. The van der Waals surface area contributed by atoms with E-state index < -0.39 is 0 Å². The first-order valence-electron chi connectivity index (χ1n) is 7.19. The molecule has 0 heterocycles. The van der Waals surface area contributed by atoms with E-state index in [4.69, 9.17) is 0 Å². The summed E-state index contributed by atoms with van der Waals surface area (Å²) in [5.74, 6) is 1.57. The number of aryl methyl sites for hydroxylation is 2. The van der Waals surface area contributed by atoms with Crippen LogP contribution in [0.2, 0.25) is 0 Å². The van der Waals surface area contributed by atoms with Gasteiger partial charge in [0.25, 0.3) is 0 Å². The average molecular weight is 244 g/mol. The van der Waals surface area contributed by atoms with Crippen molar-refractivity contribution >= 4 is 5.78 Å². The molecule has 1 fully saturated rings. The van der Waals surface area contributed by atoms with E-state index in [0.29, 0.717) is 18.1 Å². The molecule has 1 nitrogen and oxygen atoms in total. The van der Waals surface area contributed by atoms with Gasteiger partial charge in [0.1, 0.15) is 5.78 Å². The number of carbonyl (C=O) groups is 1. The van der Waals surface area contributed by atoms with Crippen LogP contribution in [0.25, 0.3) is 0 Å². The molecule has 1 heteroatoms. The van der Waals surface area contributed by atoms with Crippen molar-refractivity contribution in [2.24, 2.45) is 11.8 Å². The Morgan fingerprint density at radius 3 is 2.61 bits per heavy atom. The summed E-state index contributed by atoms with van der Waals surface area (Å²) >= 11 is 0. The second kappa shape index (κ2) is 5.69. The number of hydrogen-bond donors (Lipinski definition) is 0. The van der Waals surface area contributed by atoms with Gasteiger partial charge in [-0.2, -0.15) is 0 Å². The molecule has 0 aromatic heterocycles. The van der Waals surface area contributed by atoms with Crippen LogP contribution < -0.4 is 0 Å². The number of Topliss-reactive ketones (excluding diaryl/α,β-unsaturated/α-hetero) is 1. The zero-order chi connectivity index (χ0) is 13.1. The van der Waals surface area contributed by atoms with E-state index in [2.05, 4.69) is 39.0 Å². The SMILES string of the molecule is CCC1CCC(C(=O)Cc2ccc(C)c(C)c2)C1. The summed E-state index contributed by atoms with van der Waals surface area (Å²) in [5.41, 5.74) is 3.78. The van der Waals surface area contributed by atoms with E-state index in [1.165, 1.54) is 29.5 Å². The minimum Gasteiger partial charge on any atom is -0.299 e. The molecule has 0 bridgehead atoms. The van der Waals surface area contributed by atoms with E-state index in [1.54, 1.807) is 0 Å². The van der Waals surface area contributed by atoms with Gasteiger partial charge in [-0.05, 0) is 55.7 Å². The maximum Gasteiger partial charge on any atom is 0.140 e. The van der Waals surface area contributed by atoms with E-state index in [9.17, 15) is 4.79 Å². The molecular formula is C17H24O. The summed E-state index contributed by atoms with van der Waals surface area (Å²) < 4.78 is 0. The number of ketones is 1. The fourth-order valence-electron chi connectivity index (χ4n) is 3.00. The van der Waals surface area contributed by atoms with Crippen molar-refractivity contribution in [2.75, 3.05) is 0 Å². The molecule has 2 rings (SSSR count). The van der Waals surface area contributed by atoms with Gasteiger partial charge in [0.05, 0.1) is 0 Å². The van der Waals surface area contributed by atoms with Crippen LogP contribution in [0.3, 0.4) is 0 Å². The normalized spacial score (nSPS) is 23.3. The fraction of sp³-hybridized carbons (Fsp3) is 0.588. The molecule has 0 aliphatic heterocycles. The Bertz CT molecular complexity index is 433. The van der Waals surface area contributed by atoms with Crippen LogP contribution in [-0.2, 0) is 11.2 Å². The minimum absolute atomic E-state index is 0.330. The molecule has 0 amide bonds. The van der Waals surface area contributed by atoms with Crippen molar-refractivity contribution in [3.05, 3.63) is 34.9 Å². The number of hydrogen-bond acceptors (Lipinski definition) is 1. The van der Waals surface area contributed by atoms with Crippen LogP contribution in [0.15, 0.2) is 18.2 Å². The molecule has 2 atom stereocenters. The Hall–Kier alpha value is -1.11. The third-order valence-corrected chi connectivity index (χ3v) is 4.52. The van der Waals surface area contributed by atoms with Crippen molar-refractivity contribution < 1.29 is 4.79 Å². The molecule has 1 aliphatic carbocycles. The molecule has 0 spiro atoms. The van der Waals surface area contributed by atoms with Gasteiger partial charge >= 0.3 is 0 Å². The highest BCUT2D eigenvalue weighted by Crippen LogP contribution is 2.34. The molecule has 0 saturated heterocycles. The minimum atomic E-state index is 0.330. The summed E-state index contributed by atoms with van der Waals surface area (Å²) in [6.45, 7) is 6.47.